The maximum absolute atomic E-state index is 6.35. The van der Waals surface area contributed by atoms with Gasteiger partial charge in [0.05, 0.1) is 7.11 Å². The molecule has 0 amide bonds. The standard InChI is InChI=1S/C16H21BrCl2O/c1-20-14-6-7-15(17)12(8-14)9-16(10-18,11-19)13-4-2-3-5-13/h6-8,13H,2-5,9-11H2,1H3. The van der Waals surface area contributed by atoms with E-state index in [-0.39, 0.29) is 5.41 Å². The Morgan fingerprint density at radius 1 is 1.25 bits per heavy atom. The Labute approximate surface area is 140 Å². The zero-order valence-corrected chi connectivity index (χ0v) is 14.9. The van der Waals surface area contributed by atoms with Crippen LogP contribution in [0.4, 0.5) is 0 Å². The van der Waals surface area contributed by atoms with E-state index in [4.69, 9.17) is 27.9 Å². The first kappa shape index (κ1) is 16.5. The summed E-state index contributed by atoms with van der Waals surface area (Å²) in [4.78, 5) is 0. The first-order valence-electron chi connectivity index (χ1n) is 7.09. The first-order chi connectivity index (χ1) is 9.65. The number of ether oxygens (including phenoxy) is 1. The molecule has 0 N–H and O–H groups in total. The van der Waals surface area contributed by atoms with Gasteiger partial charge in [-0.1, -0.05) is 28.8 Å². The molecule has 0 aliphatic heterocycles. The first-order valence-corrected chi connectivity index (χ1v) is 8.96. The van der Waals surface area contributed by atoms with Crippen molar-refractivity contribution in [2.75, 3.05) is 18.9 Å². The highest BCUT2D eigenvalue weighted by molar-refractivity contribution is 9.10. The van der Waals surface area contributed by atoms with Crippen LogP contribution in [0.5, 0.6) is 5.75 Å². The lowest BCUT2D eigenvalue weighted by Crippen LogP contribution is -2.35. The summed E-state index contributed by atoms with van der Waals surface area (Å²) in [5.74, 6) is 2.75. The van der Waals surface area contributed by atoms with E-state index in [9.17, 15) is 0 Å². The van der Waals surface area contributed by atoms with Crippen LogP contribution in [-0.4, -0.2) is 18.9 Å². The second-order valence-corrected chi connectivity index (χ2v) is 7.13. The molecule has 112 valence electrons. The van der Waals surface area contributed by atoms with E-state index < -0.39 is 0 Å². The van der Waals surface area contributed by atoms with E-state index in [2.05, 4.69) is 22.0 Å². The van der Waals surface area contributed by atoms with Gasteiger partial charge in [0, 0.05) is 21.6 Å². The van der Waals surface area contributed by atoms with Gasteiger partial charge < -0.3 is 4.74 Å². The number of halogens is 3. The lowest BCUT2D eigenvalue weighted by atomic mass is 9.73. The van der Waals surface area contributed by atoms with Crippen molar-refractivity contribution in [1.82, 2.24) is 0 Å². The van der Waals surface area contributed by atoms with Crippen LogP contribution in [0, 0.1) is 11.3 Å². The molecule has 1 fully saturated rings. The van der Waals surface area contributed by atoms with Crippen LogP contribution in [0.2, 0.25) is 0 Å². The van der Waals surface area contributed by atoms with Gasteiger partial charge in [-0.2, -0.15) is 0 Å². The van der Waals surface area contributed by atoms with Crippen molar-refractivity contribution in [2.24, 2.45) is 11.3 Å². The van der Waals surface area contributed by atoms with Crippen LogP contribution in [0.1, 0.15) is 31.2 Å². The van der Waals surface area contributed by atoms with Gasteiger partial charge in [0.2, 0.25) is 0 Å². The van der Waals surface area contributed by atoms with Crippen molar-refractivity contribution in [3.8, 4) is 5.75 Å². The number of hydrogen-bond acceptors (Lipinski definition) is 1. The summed E-state index contributed by atoms with van der Waals surface area (Å²) < 4.78 is 6.44. The maximum atomic E-state index is 6.35. The summed E-state index contributed by atoms with van der Waals surface area (Å²) in [5.41, 5.74) is 1.23. The highest BCUT2D eigenvalue weighted by atomic mass is 79.9. The molecule has 1 aromatic rings. The summed E-state index contributed by atoms with van der Waals surface area (Å²) in [6.45, 7) is 0. The fraction of sp³-hybridized carbons (Fsp3) is 0.625. The predicted octanol–water partition coefficient (Wildman–Crippen LogP) is 5.65. The molecule has 2 rings (SSSR count). The lowest BCUT2D eigenvalue weighted by molar-refractivity contribution is 0.224. The van der Waals surface area contributed by atoms with E-state index >= 15 is 0 Å². The second kappa shape index (κ2) is 7.38. The average molecular weight is 380 g/mol. The molecular formula is C16H21BrCl2O. The highest BCUT2D eigenvalue weighted by Crippen LogP contribution is 2.45. The fourth-order valence-corrected chi connectivity index (χ4v) is 4.52. The number of hydrogen-bond donors (Lipinski definition) is 0. The summed E-state index contributed by atoms with van der Waals surface area (Å²) in [6.07, 6.45) is 6.02. The zero-order chi connectivity index (χ0) is 14.6. The minimum Gasteiger partial charge on any atom is -0.497 e. The SMILES string of the molecule is COc1ccc(Br)c(CC(CCl)(CCl)C2CCCC2)c1. The van der Waals surface area contributed by atoms with E-state index in [1.165, 1.54) is 31.2 Å². The fourth-order valence-electron chi connectivity index (χ4n) is 3.22. The summed E-state index contributed by atoms with van der Waals surface area (Å²) in [5, 5.41) is 0. The van der Waals surface area contributed by atoms with Gasteiger partial charge in [-0.3, -0.25) is 0 Å². The smallest absolute Gasteiger partial charge is 0.119 e. The topological polar surface area (TPSA) is 9.23 Å². The number of benzene rings is 1. The third-order valence-corrected chi connectivity index (χ3v) is 6.39. The minimum atomic E-state index is -0.00546. The van der Waals surface area contributed by atoms with Crippen LogP contribution in [0.25, 0.3) is 0 Å². The normalized spacial score (nSPS) is 16.6. The van der Waals surface area contributed by atoms with E-state index in [1.54, 1.807) is 7.11 Å². The van der Waals surface area contributed by atoms with E-state index in [0.29, 0.717) is 17.7 Å². The van der Waals surface area contributed by atoms with Crippen LogP contribution < -0.4 is 4.74 Å². The van der Waals surface area contributed by atoms with Crippen molar-refractivity contribution in [1.29, 1.82) is 0 Å². The lowest BCUT2D eigenvalue weighted by Gasteiger charge is -2.36. The molecule has 0 spiro atoms. The average Bonchev–Trinajstić information content (AvgIpc) is 3.01. The monoisotopic (exact) mass is 378 g/mol. The largest absolute Gasteiger partial charge is 0.497 e. The predicted molar refractivity (Wildman–Crippen MR) is 90.2 cm³/mol. The number of rotatable bonds is 6. The molecule has 0 bridgehead atoms. The summed E-state index contributed by atoms with van der Waals surface area (Å²) >= 11 is 16.3. The molecule has 0 saturated heterocycles. The van der Waals surface area contributed by atoms with Crippen LogP contribution in [0.15, 0.2) is 22.7 Å². The van der Waals surface area contributed by atoms with Crippen LogP contribution in [-0.2, 0) is 6.42 Å². The van der Waals surface area contributed by atoms with Gasteiger partial charge in [0.1, 0.15) is 5.75 Å². The number of methoxy groups -OCH3 is 1. The third kappa shape index (κ3) is 3.45. The molecule has 0 radical (unpaired) electrons. The molecule has 1 nitrogen and oxygen atoms in total. The number of alkyl halides is 2. The van der Waals surface area contributed by atoms with Gasteiger partial charge in [-0.25, -0.2) is 0 Å². The van der Waals surface area contributed by atoms with E-state index in [0.717, 1.165) is 16.6 Å². The Kier molecular flexibility index (Phi) is 6.07. The summed E-state index contributed by atoms with van der Waals surface area (Å²) in [6, 6.07) is 6.09. The molecule has 1 aliphatic carbocycles. The Morgan fingerprint density at radius 3 is 2.45 bits per heavy atom. The van der Waals surface area contributed by atoms with Gasteiger partial charge in [0.15, 0.2) is 0 Å². The molecule has 0 atom stereocenters. The van der Waals surface area contributed by atoms with Crippen molar-refractivity contribution in [3.05, 3.63) is 28.2 Å². The van der Waals surface area contributed by atoms with Gasteiger partial charge in [-0.05, 0) is 48.9 Å². The Bertz CT molecular complexity index is 440. The third-order valence-electron chi connectivity index (χ3n) is 4.55. The zero-order valence-electron chi connectivity index (χ0n) is 11.8. The van der Waals surface area contributed by atoms with Gasteiger partial charge in [-0.15, -0.1) is 23.2 Å². The van der Waals surface area contributed by atoms with Crippen LogP contribution >= 0.6 is 39.1 Å². The Hall–Kier alpha value is 0.0800. The molecule has 4 heteroatoms. The highest BCUT2D eigenvalue weighted by Gasteiger charge is 2.39. The molecule has 20 heavy (non-hydrogen) atoms. The van der Waals surface area contributed by atoms with Crippen molar-refractivity contribution in [3.63, 3.8) is 0 Å². The van der Waals surface area contributed by atoms with Gasteiger partial charge >= 0.3 is 0 Å². The van der Waals surface area contributed by atoms with Crippen molar-refractivity contribution in [2.45, 2.75) is 32.1 Å². The molecular weight excluding hydrogens is 359 g/mol. The molecule has 0 aromatic heterocycles. The molecule has 0 heterocycles. The Balaban J connectivity index is 2.27. The van der Waals surface area contributed by atoms with Crippen molar-refractivity contribution >= 4 is 39.1 Å². The maximum Gasteiger partial charge on any atom is 0.119 e. The second-order valence-electron chi connectivity index (χ2n) is 5.75. The Morgan fingerprint density at radius 2 is 1.90 bits per heavy atom. The molecule has 1 aliphatic rings. The van der Waals surface area contributed by atoms with Gasteiger partial charge in [0.25, 0.3) is 0 Å². The molecule has 1 aromatic carbocycles. The van der Waals surface area contributed by atoms with Crippen molar-refractivity contribution < 1.29 is 4.74 Å². The summed E-state index contributed by atoms with van der Waals surface area (Å²) in [7, 11) is 1.69. The minimum absolute atomic E-state index is 0.00546. The quantitative estimate of drug-likeness (QED) is 0.580. The molecule has 1 saturated carbocycles. The van der Waals surface area contributed by atoms with Crippen LogP contribution in [0.3, 0.4) is 0 Å². The van der Waals surface area contributed by atoms with E-state index in [1.807, 2.05) is 12.1 Å². The molecule has 0 unspecified atom stereocenters.